The maximum Gasteiger partial charge on any atom is 3.00 e. The van der Waals surface area contributed by atoms with Crippen LogP contribution in [0, 0.1) is 0 Å². The monoisotopic (exact) mass is 422 g/mol. The third kappa shape index (κ3) is 26.6. The Kier molecular flexibility index (Phi) is 21.3. The van der Waals surface area contributed by atoms with Gasteiger partial charge < -0.3 is 50.9 Å². The van der Waals surface area contributed by atoms with Crippen LogP contribution < -0.4 is 26.6 Å². The Labute approximate surface area is 159 Å². The van der Waals surface area contributed by atoms with Gasteiger partial charge in [-0.15, -0.1) is 0 Å². The molecule has 0 bridgehead atoms. The largest absolute Gasteiger partial charge is 3.00 e. The van der Waals surface area contributed by atoms with Crippen molar-refractivity contribution in [2.75, 3.05) is 39.3 Å². The molecule has 0 aromatic carbocycles. The number of quaternary nitrogens is 1. The molecule has 0 aliphatic rings. The number of hydrogen-bond acceptors (Lipinski definition) is 11. The Morgan fingerprint density at radius 3 is 0.962 bits per heavy atom. The summed E-state index contributed by atoms with van der Waals surface area (Å²) in [7, 11) is 0. The number of carbonyl (C=O) groups is 5. The van der Waals surface area contributed by atoms with Gasteiger partial charge in [-0.05, 0) is 0 Å². The molecule has 0 spiro atoms. The van der Waals surface area contributed by atoms with Crippen molar-refractivity contribution in [1.29, 1.82) is 0 Å². The van der Waals surface area contributed by atoms with Gasteiger partial charge in [0.25, 0.3) is 5.97 Å². The number of hydrogen-bond donors (Lipinski definition) is 2. The molecule has 1 radical (unpaired) electrons. The van der Waals surface area contributed by atoms with Crippen LogP contribution in [0.3, 0.4) is 0 Å². The van der Waals surface area contributed by atoms with E-state index in [1.807, 2.05) is 0 Å². The summed E-state index contributed by atoms with van der Waals surface area (Å²) < 4.78 is 0. The Balaban J connectivity index is -0.000000363. The van der Waals surface area contributed by atoms with E-state index in [1.165, 1.54) is 0 Å². The van der Waals surface area contributed by atoms with Gasteiger partial charge in [-0.1, -0.05) is 0 Å². The Hall–Kier alpha value is -2.25. The number of nitrogens with zero attached hydrogens (tertiary/aromatic N) is 2. The number of rotatable bonds is 11. The van der Waals surface area contributed by atoms with Gasteiger partial charge in [-0.25, -0.2) is 0 Å². The van der Waals surface area contributed by atoms with Gasteiger partial charge in [0.2, 0.25) is 0 Å². The molecule has 26 heavy (non-hydrogen) atoms. The summed E-state index contributed by atoms with van der Waals surface area (Å²) in [4.78, 5) is 52.4. The fourth-order valence-corrected chi connectivity index (χ4v) is 1.44. The fourth-order valence-electron chi connectivity index (χ4n) is 1.44. The van der Waals surface area contributed by atoms with Crippen LogP contribution >= 0.6 is 0 Å². The molecule has 0 atom stereocenters. The van der Waals surface area contributed by atoms with E-state index >= 15 is 0 Å². The number of carboxylic acids is 5. The van der Waals surface area contributed by atoms with Crippen molar-refractivity contribution in [3.8, 4) is 0 Å². The predicted octanol–water partition coefficient (Wildman–Crippen LogP) is -6.95. The summed E-state index contributed by atoms with van der Waals surface area (Å²) >= 11 is 0. The molecule has 0 amide bonds. The van der Waals surface area contributed by atoms with Crippen molar-refractivity contribution in [2.45, 2.75) is 6.92 Å². The van der Waals surface area contributed by atoms with Crippen molar-refractivity contribution in [1.82, 2.24) is 16.0 Å². The van der Waals surface area contributed by atoms with Crippen molar-refractivity contribution >= 4 is 29.8 Å². The minimum atomic E-state index is -1.53. The molecule has 0 rings (SSSR count). The van der Waals surface area contributed by atoms with Gasteiger partial charge in [-0.2, -0.15) is 0 Å². The molecule has 0 unspecified atom stereocenters. The van der Waals surface area contributed by atoms with Crippen LogP contribution in [0.2, 0.25) is 0 Å². The van der Waals surface area contributed by atoms with E-state index in [2.05, 4.69) is 0 Å². The molecule has 0 saturated heterocycles. The van der Waals surface area contributed by atoms with E-state index in [-0.39, 0.29) is 36.3 Å². The third-order valence-electron chi connectivity index (χ3n) is 2.14. The SMILES string of the molecule is CC(=O)O.O=C([O-])CN(CCN(CC(=O)[O-])CC(=O)[O-])CC(=O)[O-].[Fe+3].[NH4+]. The van der Waals surface area contributed by atoms with Gasteiger partial charge in [-0.3, -0.25) is 14.6 Å². The average molecular weight is 422 g/mol. The maximum atomic E-state index is 10.4. The van der Waals surface area contributed by atoms with Crippen LogP contribution in [-0.4, -0.2) is 84.0 Å². The molecule has 0 saturated carbocycles. The van der Waals surface area contributed by atoms with E-state index in [4.69, 9.17) is 9.90 Å². The van der Waals surface area contributed by atoms with Gasteiger partial charge in [0.1, 0.15) is 0 Å². The predicted molar refractivity (Wildman–Crippen MR) is 72.2 cm³/mol. The first-order chi connectivity index (χ1) is 10.9. The molecular formula is C12H20FeN3O10. The van der Waals surface area contributed by atoms with Gasteiger partial charge in [0.05, 0.1) is 23.9 Å². The summed E-state index contributed by atoms with van der Waals surface area (Å²) in [6, 6.07) is 0. The fraction of sp³-hybridized carbons (Fsp3) is 0.583. The second-order valence-corrected chi connectivity index (χ2v) is 4.43. The van der Waals surface area contributed by atoms with Crippen molar-refractivity contribution in [2.24, 2.45) is 0 Å². The second kappa shape index (κ2) is 17.6. The molecule has 13 nitrogen and oxygen atoms in total. The first-order valence-electron chi connectivity index (χ1n) is 6.37. The topological polar surface area (TPSA) is 241 Å². The zero-order valence-electron chi connectivity index (χ0n) is 14.1. The summed E-state index contributed by atoms with van der Waals surface area (Å²) in [5, 5.41) is 49.0. The molecule has 5 N–H and O–H groups in total. The van der Waals surface area contributed by atoms with Crippen LogP contribution in [0.15, 0.2) is 0 Å². The summed E-state index contributed by atoms with van der Waals surface area (Å²) in [6.07, 6.45) is 0. The van der Waals surface area contributed by atoms with Gasteiger partial charge >= 0.3 is 17.1 Å². The average Bonchev–Trinajstić information content (AvgIpc) is 2.32. The minimum Gasteiger partial charge on any atom is -0.549 e. The van der Waals surface area contributed by atoms with Crippen molar-refractivity contribution in [3.63, 3.8) is 0 Å². The summed E-state index contributed by atoms with van der Waals surface area (Å²) in [6.45, 7) is -2.17. The molecule has 0 aromatic rings. The molecule has 14 heteroatoms. The van der Waals surface area contributed by atoms with E-state index in [1.54, 1.807) is 0 Å². The molecule has 0 heterocycles. The Morgan fingerprint density at radius 1 is 0.692 bits per heavy atom. The zero-order chi connectivity index (χ0) is 19.3. The summed E-state index contributed by atoms with van der Waals surface area (Å²) in [5.74, 6) is -6.95. The van der Waals surface area contributed by atoms with Crippen molar-refractivity contribution < 1.29 is 66.6 Å². The summed E-state index contributed by atoms with van der Waals surface area (Å²) in [5.41, 5.74) is 0. The van der Waals surface area contributed by atoms with Gasteiger partial charge in [0.15, 0.2) is 0 Å². The third-order valence-corrected chi connectivity index (χ3v) is 2.14. The molecule has 0 aliphatic carbocycles. The van der Waals surface area contributed by atoms with E-state index < -0.39 is 56.0 Å². The molecular weight excluding hydrogens is 402 g/mol. The second-order valence-electron chi connectivity index (χ2n) is 4.43. The van der Waals surface area contributed by atoms with Crippen molar-refractivity contribution in [3.05, 3.63) is 0 Å². The van der Waals surface area contributed by atoms with E-state index in [0.29, 0.717) is 0 Å². The first-order valence-corrected chi connectivity index (χ1v) is 6.37. The molecule has 0 fully saturated rings. The quantitative estimate of drug-likeness (QED) is 0.295. The van der Waals surface area contributed by atoms with Gasteiger partial charge in [0, 0.05) is 46.2 Å². The minimum absolute atomic E-state index is 0. The van der Waals surface area contributed by atoms with E-state index in [0.717, 1.165) is 16.7 Å². The van der Waals surface area contributed by atoms with Crippen LogP contribution in [0.1, 0.15) is 6.92 Å². The zero-order valence-corrected chi connectivity index (χ0v) is 15.2. The van der Waals surface area contributed by atoms with Crippen LogP contribution in [0.5, 0.6) is 0 Å². The number of carbonyl (C=O) groups excluding carboxylic acids is 4. The smallest absolute Gasteiger partial charge is 0.549 e. The molecule has 0 aromatic heterocycles. The normalized spacial score (nSPS) is 9.19. The standard InChI is InChI=1S/C10H16N2O8.C2H4O2.Fe.H3N/c13-7(14)3-11(4-8(15)16)1-2-12(5-9(17)18)6-10(19)20;1-2(3)4;;/h1-6H2,(H,13,14)(H,15,16)(H,17,18)(H,19,20);1H3,(H,3,4);;1H3/q;;+3;/p-3. The first kappa shape index (κ1) is 31.5. The van der Waals surface area contributed by atoms with Crippen LogP contribution in [-0.2, 0) is 41.0 Å². The van der Waals surface area contributed by atoms with Crippen LogP contribution in [0.4, 0.5) is 0 Å². The number of aliphatic carboxylic acids is 5. The Morgan fingerprint density at radius 2 is 0.846 bits per heavy atom. The Bertz CT molecular complexity index is 402. The molecule has 0 aliphatic heterocycles. The maximum absolute atomic E-state index is 10.4. The van der Waals surface area contributed by atoms with Crippen LogP contribution in [0.25, 0.3) is 0 Å². The van der Waals surface area contributed by atoms with E-state index in [9.17, 15) is 39.6 Å². The number of carboxylic acid groups (broad SMARTS) is 5. The molecule has 151 valence electrons.